The lowest BCUT2D eigenvalue weighted by Gasteiger charge is -2.13. The lowest BCUT2D eigenvalue weighted by Crippen LogP contribution is -2.37. The third kappa shape index (κ3) is 2.76. The van der Waals surface area contributed by atoms with Gasteiger partial charge in [-0.15, -0.1) is 0 Å². The van der Waals surface area contributed by atoms with E-state index in [1.807, 2.05) is 50.3 Å². The van der Waals surface area contributed by atoms with Gasteiger partial charge in [-0.1, -0.05) is 30.3 Å². The zero-order valence-corrected chi connectivity index (χ0v) is 13.7. The van der Waals surface area contributed by atoms with Gasteiger partial charge in [0, 0.05) is 13.6 Å². The summed E-state index contributed by atoms with van der Waals surface area (Å²) < 4.78 is 2.48. The number of hydrogen-bond acceptors (Lipinski definition) is 5. The average Bonchev–Trinajstić information content (AvgIpc) is 2.60. The second-order valence-corrected chi connectivity index (χ2v) is 5.42. The number of rotatable bonds is 3. The van der Waals surface area contributed by atoms with Crippen LogP contribution in [0.2, 0.25) is 0 Å². The van der Waals surface area contributed by atoms with Crippen LogP contribution in [-0.4, -0.2) is 24.3 Å². The van der Waals surface area contributed by atoms with Crippen LogP contribution in [0.4, 0.5) is 0 Å². The van der Waals surface area contributed by atoms with Crippen LogP contribution < -0.4 is 11.2 Å². The quantitative estimate of drug-likeness (QED) is 0.728. The lowest BCUT2D eigenvalue weighted by atomic mass is 10.1. The second-order valence-electron chi connectivity index (χ2n) is 5.42. The predicted octanol–water partition coefficient (Wildman–Crippen LogP) is 1.42. The van der Waals surface area contributed by atoms with Gasteiger partial charge in [0.25, 0.3) is 5.56 Å². The first kappa shape index (κ1) is 15.8. The van der Waals surface area contributed by atoms with E-state index in [1.54, 1.807) is 0 Å². The molecule has 1 aromatic rings. The third-order valence-corrected chi connectivity index (χ3v) is 3.72. The largest absolute Gasteiger partial charge is 0.352 e. The first-order valence-electron chi connectivity index (χ1n) is 7.61. The molecule has 0 aliphatic carbocycles. The van der Waals surface area contributed by atoms with Crippen molar-refractivity contribution < 1.29 is 0 Å². The summed E-state index contributed by atoms with van der Waals surface area (Å²) in [6.07, 6.45) is 1.95. The molecular formula is C17H17N5O2. The summed E-state index contributed by atoms with van der Waals surface area (Å²) in [5, 5.41) is 4.42. The molecule has 2 aliphatic heterocycles. The number of fused-ring (bicyclic) bond motifs is 1. The Morgan fingerprint density at radius 1 is 1.17 bits per heavy atom. The van der Waals surface area contributed by atoms with Crippen LogP contribution in [0.1, 0.15) is 25.2 Å². The fraction of sp³-hybridized carbons (Fsp3) is 0.235. The maximum atomic E-state index is 12.4. The van der Waals surface area contributed by atoms with E-state index in [-0.39, 0.29) is 11.5 Å². The number of allylic oxidation sites excluding steroid dienone is 1. The molecule has 122 valence electrons. The second kappa shape index (κ2) is 6.19. The molecule has 0 atom stereocenters. The van der Waals surface area contributed by atoms with Crippen molar-refractivity contribution in [1.29, 1.82) is 0 Å². The van der Waals surface area contributed by atoms with Gasteiger partial charge in [0.15, 0.2) is 17.3 Å². The summed E-state index contributed by atoms with van der Waals surface area (Å²) in [4.78, 5) is 32.4. The molecule has 2 heterocycles. The minimum Gasteiger partial charge on any atom is -0.267 e. The van der Waals surface area contributed by atoms with Crippen molar-refractivity contribution in [2.75, 3.05) is 0 Å². The number of nitrogens with zero attached hydrogens (tertiary/aromatic N) is 5. The van der Waals surface area contributed by atoms with Crippen LogP contribution >= 0.6 is 0 Å². The fourth-order valence-corrected chi connectivity index (χ4v) is 2.38. The topological polar surface area (TPSA) is 82.7 Å². The molecule has 0 unspecified atom stereocenters. The molecule has 0 saturated heterocycles. The molecule has 0 radical (unpaired) electrons. The van der Waals surface area contributed by atoms with Gasteiger partial charge in [-0.05, 0) is 31.1 Å². The average molecular weight is 323 g/mol. The van der Waals surface area contributed by atoms with Crippen molar-refractivity contribution in [3.8, 4) is 11.5 Å². The normalized spacial score (nSPS) is 11.9. The SMILES string of the molecule is CCn1nc(C(C)=Cc2ccccc2)nc2c(=O)n(C)c(=O)nc1-2. The minimum absolute atomic E-state index is 0.143. The summed E-state index contributed by atoms with van der Waals surface area (Å²) in [5.41, 5.74) is 0.900. The molecule has 0 N–H and O–H groups in total. The maximum Gasteiger partial charge on any atom is 0.352 e. The molecule has 7 nitrogen and oxygen atoms in total. The van der Waals surface area contributed by atoms with Crippen molar-refractivity contribution in [2.45, 2.75) is 20.4 Å². The van der Waals surface area contributed by atoms with Gasteiger partial charge >= 0.3 is 5.69 Å². The van der Waals surface area contributed by atoms with Crippen LogP contribution in [0.15, 0.2) is 39.9 Å². The van der Waals surface area contributed by atoms with Crippen molar-refractivity contribution in [1.82, 2.24) is 24.3 Å². The molecule has 1 aromatic carbocycles. The smallest absolute Gasteiger partial charge is 0.267 e. The molecule has 2 aliphatic rings. The minimum atomic E-state index is -0.609. The van der Waals surface area contributed by atoms with Crippen LogP contribution in [0.25, 0.3) is 23.2 Å². The van der Waals surface area contributed by atoms with E-state index >= 15 is 0 Å². The Hall–Kier alpha value is -3.09. The number of aromatic nitrogens is 5. The first-order valence-corrected chi connectivity index (χ1v) is 7.61. The highest BCUT2D eigenvalue weighted by Crippen LogP contribution is 2.17. The molecule has 0 aromatic heterocycles. The van der Waals surface area contributed by atoms with E-state index in [0.29, 0.717) is 12.4 Å². The highest BCUT2D eigenvalue weighted by molar-refractivity contribution is 5.77. The standard InChI is InChI=1S/C17H17N5O2/c1-4-22-15-13(16(23)21(3)17(24)19-15)18-14(20-22)11(2)10-12-8-6-5-7-9-12/h5-10H,4H2,1-3H3. The predicted molar refractivity (Wildman–Crippen MR) is 91.6 cm³/mol. The molecular weight excluding hydrogens is 306 g/mol. The Morgan fingerprint density at radius 3 is 2.54 bits per heavy atom. The van der Waals surface area contributed by atoms with E-state index in [2.05, 4.69) is 15.1 Å². The van der Waals surface area contributed by atoms with Crippen LogP contribution in [0.5, 0.6) is 0 Å². The Labute approximate surface area is 138 Å². The molecule has 0 amide bonds. The summed E-state index contributed by atoms with van der Waals surface area (Å²) in [6.45, 7) is 4.23. The Morgan fingerprint density at radius 2 is 1.88 bits per heavy atom. The summed E-state index contributed by atoms with van der Waals surface area (Å²) in [5.74, 6) is 0.646. The van der Waals surface area contributed by atoms with E-state index < -0.39 is 11.2 Å². The van der Waals surface area contributed by atoms with Gasteiger partial charge in [0.1, 0.15) is 0 Å². The third-order valence-electron chi connectivity index (χ3n) is 3.72. The number of hydrogen-bond donors (Lipinski definition) is 0. The zero-order valence-electron chi connectivity index (χ0n) is 13.7. The zero-order chi connectivity index (χ0) is 17.3. The Kier molecular flexibility index (Phi) is 4.07. The van der Waals surface area contributed by atoms with Gasteiger partial charge in [-0.25, -0.2) is 14.5 Å². The van der Waals surface area contributed by atoms with Crippen LogP contribution in [0, 0.1) is 0 Å². The lowest BCUT2D eigenvalue weighted by molar-refractivity contribution is 0.603. The highest BCUT2D eigenvalue weighted by atomic mass is 16.2. The molecule has 0 fully saturated rings. The van der Waals surface area contributed by atoms with Gasteiger partial charge < -0.3 is 0 Å². The summed E-state index contributed by atoms with van der Waals surface area (Å²) in [6, 6.07) is 9.79. The molecule has 0 spiro atoms. The van der Waals surface area contributed by atoms with Crippen LogP contribution in [-0.2, 0) is 13.6 Å². The molecule has 0 bridgehead atoms. The van der Waals surface area contributed by atoms with E-state index in [0.717, 1.165) is 15.7 Å². The maximum absolute atomic E-state index is 12.4. The highest BCUT2D eigenvalue weighted by Gasteiger charge is 2.20. The Balaban J connectivity index is 2.23. The van der Waals surface area contributed by atoms with Crippen molar-refractivity contribution in [3.05, 3.63) is 62.6 Å². The fourth-order valence-electron chi connectivity index (χ4n) is 2.38. The first-order chi connectivity index (χ1) is 11.5. The van der Waals surface area contributed by atoms with E-state index in [9.17, 15) is 9.59 Å². The number of benzene rings is 1. The molecule has 7 heteroatoms. The molecule has 3 rings (SSSR count). The van der Waals surface area contributed by atoms with E-state index in [4.69, 9.17) is 0 Å². The van der Waals surface area contributed by atoms with Crippen LogP contribution in [0.3, 0.4) is 0 Å². The van der Waals surface area contributed by atoms with Gasteiger partial charge in [0.2, 0.25) is 0 Å². The van der Waals surface area contributed by atoms with E-state index in [1.165, 1.54) is 11.7 Å². The van der Waals surface area contributed by atoms with Crippen molar-refractivity contribution >= 4 is 11.6 Å². The van der Waals surface area contributed by atoms with Gasteiger partial charge in [-0.3, -0.25) is 9.36 Å². The summed E-state index contributed by atoms with van der Waals surface area (Å²) >= 11 is 0. The van der Waals surface area contributed by atoms with Crippen molar-refractivity contribution in [2.24, 2.45) is 7.05 Å². The van der Waals surface area contributed by atoms with Gasteiger partial charge in [0.05, 0.1) is 0 Å². The summed E-state index contributed by atoms with van der Waals surface area (Å²) in [7, 11) is 1.39. The molecule has 0 saturated carbocycles. The monoisotopic (exact) mass is 323 g/mol. The van der Waals surface area contributed by atoms with Gasteiger partial charge in [-0.2, -0.15) is 10.1 Å². The molecule has 24 heavy (non-hydrogen) atoms. The Bertz CT molecular complexity index is 1000. The van der Waals surface area contributed by atoms with Crippen molar-refractivity contribution in [3.63, 3.8) is 0 Å². The number of aryl methyl sites for hydroxylation is 1.